The molecule has 0 aromatic heterocycles. The van der Waals surface area contributed by atoms with E-state index in [1.54, 1.807) is 6.07 Å². The monoisotopic (exact) mass is 403 g/mol. The molecule has 0 aliphatic carbocycles. The lowest BCUT2D eigenvalue weighted by Crippen LogP contribution is -2.40. The summed E-state index contributed by atoms with van der Waals surface area (Å²) in [5, 5.41) is 0. The molecule has 2 heterocycles. The van der Waals surface area contributed by atoms with Crippen molar-refractivity contribution >= 4 is 11.8 Å². The van der Waals surface area contributed by atoms with Crippen molar-refractivity contribution in [2.75, 3.05) is 46.3 Å². The first-order chi connectivity index (χ1) is 14.0. The van der Waals surface area contributed by atoms with Crippen LogP contribution >= 0.6 is 0 Å². The Morgan fingerprint density at radius 2 is 1.93 bits per heavy atom. The quantitative estimate of drug-likeness (QED) is 0.637. The Morgan fingerprint density at radius 1 is 1.17 bits per heavy atom. The summed E-state index contributed by atoms with van der Waals surface area (Å²) in [7, 11) is 1.90. The van der Waals surface area contributed by atoms with Gasteiger partial charge in [0, 0.05) is 46.1 Å². The van der Waals surface area contributed by atoms with Crippen LogP contribution in [0.5, 0.6) is 0 Å². The van der Waals surface area contributed by atoms with Crippen molar-refractivity contribution in [1.29, 1.82) is 0 Å². The maximum absolute atomic E-state index is 13.7. The van der Waals surface area contributed by atoms with Crippen LogP contribution in [0, 0.1) is 11.7 Å². The summed E-state index contributed by atoms with van der Waals surface area (Å²) in [4.78, 5) is 30.2. The van der Waals surface area contributed by atoms with Crippen molar-refractivity contribution < 1.29 is 14.0 Å². The SMILES string of the molecule is CN(CC1CCN(CCc2ccccc2F)CC1)C(=O)CCCN1CCCC1=O. The summed E-state index contributed by atoms with van der Waals surface area (Å²) in [5.74, 6) is 0.830. The molecule has 2 saturated heterocycles. The van der Waals surface area contributed by atoms with Gasteiger partial charge in [-0.2, -0.15) is 0 Å². The minimum atomic E-state index is -0.114. The first-order valence-electron chi connectivity index (χ1n) is 11.0. The Morgan fingerprint density at radius 3 is 2.62 bits per heavy atom. The lowest BCUT2D eigenvalue weighted by atomic mass is 9.95. The first-order valence-corrected chi connectivity index (χ1v) is 11.0. The average molecular weight is 404 g/mol. The molecule has 0 spiro atoms. The van der Waals surface area contributed by atoms with Gasteiger partial charge >= 0.3 is 0 Å². The van der Waals surface area contributed by atoms with Crippen molar-refractivity contribution in [2.24, 2.45) is 5.92 Å². The van der Waals surface area contributed by atoms with Gasteiger partial charge in [-0.05, 0) is 62.7 Å². The molecule has 5 nitrogen and oxygen atoms in total. The summed E-state index contributed by atoms with van der Waals surface area (Å²) >= 11 is 0. The molecule has 29 heavy (non-hydrogen) atoms. The molecular weight excluding hydrogens is 369 g/mol. The highest BCUT2D eigenvalue weighted by Crippen LogP contribution is 2.19. The van der Waals surface area contributed by atoms with Crippen LogP contribution in [0.3, 0.4) is 0 Å². The van der Waals surface area contributed by atoms with Crippen LogP contribution in [0.15, 0.2) is 24.3 Å². The average Bonchev–Trinajstić information content (AvgIpc) is 3.13. The van der Waals surface area contributed by atoms with Gasteiger partial charge in [-0.25, -0.2) is 4.39 Å². The molecular formula is C23H34FN3O2. The Kier molecular flexibility index (Phi) is 8.04. The number of amides is 2. The van der Waals surface area contributed by atoms with Crippen molar-refractivity contribution in [1.82, 2.24) is 14.7 Å². The molecule has 0 unspecified atom stereocenters. The fourth-order valence-electron chi connectivity index (χ4n) is 4.41. The van der Waals surface area contributed by atoms with E-state index in [1.165, 1.54) is 6.07 Å². The number of hydrogen-bond donors (Lipinski definition) is 0. The number of hydrogen-bond acceptors (Lipinski definition) is 3. The molecule has 1 aromatic rings. The van der Waals surface area contributed by atoms with Crippen LogP contribution < -0.4 is 0 Å². The van der Waals surface area contributed by atoms with E-state index in [4.69, 9.17) is 0 Å². The van der Waals surface area contributed by atoms with Gasteiger partial charge in [-0.1, -0.05) is 18.2 Å². The minimum absolute atomic E-state index is 0.114. The van der Waals surface area contributed by atoms with E-state index in [1.807, 2.05) is 29.0 Å². The molecule has 0 N–H and O–H groups in total. The van der Waals surface area contributed by atoms with Gasteiger partial charge in [0.05, 0.1) is 0 Å². The number of carbonyl (C=O) groups excluding carboxylic acids is 2. The largest absolute Gasteiger partial charge is 0.345 e. The second-order valence-corrected chi connectivity index (χ2v) is 8.49. The Labute approximate surface area is 173 Å². The molecule has 2 fully saturated rings. The number of benzene rings is 1. The molecule has 0 atom stereocenters. The molecule has 3 rings (SSSR count). The second-order valence-electron chi connectivity index (χ2n) is 8.49. The highest BCUT2D eigenvalue weighted by Gasteiger charge is 2.23. The number of nitrogens with zero attached hydrogens (tertiary/aromatic N) is 3. The van der Waals surface area contributed by atoms with Gasteiger partial charge < -0.3 is 14.7 Å². The summed E-state index contributed by atoms with van der Waals surface area (Å²) in [6, 6.07) is 7.01. The van der Waals surface area contributed by atoms with E-state index < -0.39 is 0 Å². The number of halogens is 1. The van der Waals surface area contributed by atoms with Crippen LogP contribution in [0.4, 0.5) is 4.39 Å². The first kappa shape index (κ1) is 21.8. The van der Waals surface area contributed by atoms with Crippen LogP contribution in [0.2, 0.25) is 0 Å². The van der Waals surface area contributed by atoms with Gasteiger partial charge in [0.25, 0.3) is 0 Å². The molecule has 2 aliphatic heterocycles. The molecule has 2 aliphatic rings. The smallest absolute Gasteiger partial charge is 0.222 e. The van der Waals surface area contributed by atoms with Crippen LogP contribution in [0.25, 0.3) is 0 Å². The van der Waals surface area contributed by atoms with Gasteiger partial charge in [-0.15, -0.1) is 0 Å². The number of piperidine rings is 1. The number of likely N-dealkylation sites (tertiary alicyclic amines) is 2. The lowest BCUT2D eigenvalue weighted by Gasteiger charge is -2.34. The molecule has 0 bridgehead atoms. The fraction of sp³-hybridized carbons (Fsp3) is 0.652. The predicted octanol–water partition coefficient (Wildman–Crippen LogP) is 2.94. The van der Waals surface area contributed by atoms with E-state index in [-0.39, 0.29) is 17.6 Å². The maximum Gasteiger partial charge on any atom is 0.222 e. The van der Waals surface area contributed by atoms with E-state index in [9.17, 15) is 14.0 Å². The van der Waals surface area contributed by atoms with Crippen LogP contribution in [-0.2, 0) is 16.0 Å². The van der Waals surface area contributed by atoms with Crippen LogP contribution in [0.1, 0.15) is 44.1 Å². The van der Waals surface area contributed by atoms with E-state index in [0.29, 0.717) is 25.3 Å². The maximum atomic E-state index is 13.7. The van der Waals surface area contributed by atoms with Gasteiger partial charge in [0.2, 0.25) is 11.8 Å². The van der Waals surface area contributed by atoms with Gasteiger partial charge in [-0.3, -0.25) is 9.59 Å². The standard InChI is InChI=1S/C23H34FN3O2/c1-25(22(28)8-4-13-27-14-5-9-23(27)29)18-19-10-15-26(16-11-19)17-12-20-6-2-3-7-21(20)24/h2-3,6-7,19H,4-5,8-18H2,1H3. The Bertz CT molecular complexity index is 688. The second kappa shape index (κ2) is 10.7. The summed E-state index contributed by atoms with van der Waals surface area (Å²) in [5.41, 5.74) is 0.788. The van der Waals surface area contributed by atoms with E-state index >= 15 is 0 Å². The number of carbonyl (C=O) groups is 2. The summed E-state index contributed by atoms with van der Waals surface area (Å²) in [6.45, 7) is 5.27. The van der Waals surface area contributed by atoms with Crippen molar-refractivity contribution in [3.05, 3.63) is 35.6 Å². The summed E-state index contributed by atoms with van der Waals surface area (Å²) in [6.07, 6.45) is 5.78. The minimum Gasteiger partial charge on any atom is -0.345 e. The molecule has 2 amide bonds. The third kappa shape index (κ3) is 6.53. The number of rotatable bonds is 9. The zero-order chi connectivity index (χ0) is 20.6. The van der Waals surface area contributed by atoms with Crippen molar-refractivity contribution in [3.63, 3.8) is 0 Å². The van der Waals surface area contributed by atoms with Gasteiger partial charge in [0.15, 0.2) is 0 Å². The summed E-state index contributed by atoms with van der Waals surface area (Å²) < 4.78 is 13.7. The topological polar surface area (TPSA) is 43.9 Å². The lowest BCUT2D eigenvalue weighted by molar-refractivity contribution is -0.132. The third-order valence-electron chi connectivity index (χ3n) is 6.31. The Balaban J connectivity index is 1.30. The Hall–Kier alpha value is -1.95. The van der Waals surface area contributed by atoms with Gasteiger partial charge in [0.1, 0.15) is 5.82 Å². The van der Waals surface area contributed by atoms with E-state index in [0.717, 1.165) is 70.4 Å². The fourth-order valence-corrected chi connectivity index (χ4v) is 4.41. The molecule has 0 radical (unpaired) electrons. The molecule has 6 heteroatoms. The zero-order valence-electron chi connectivity index (χ0n) is 17.6. The van der Waals surface area contributed by atoms with Crippen LogP contribution in [-0.4, -0.2) is 72.8 Å². The predicted molar refractivity (Wildman–Crippen MR) is 112 cm³/mol. The third-order valence-corrected chi connectivity index (χ3v) is 6.31. The zero-order valence-corrected chi connectivity index (χ0v) is 17.6. The molecule has 160 valence electrons. The highest BCUT2D eigenvalue weighted by atomic mass is 19.1. The molecule has 1 aromatic carbocycles. The van der Waals surface area contributed by atoms with E-state index in [2.05, 4.69) is 4.90 Å². The van der Waals surface area contributed by atoms with Crippen molar-refractivity contribution in [3.8, 4) is 0 Å². The highest BCUT2D eigenvalue weighted by molar-refractivity contribution is 5.78. The normalized spacial score (nSPS) is 18.4. The molecule has 0 saturated carbocycles. The van der Waals surface area contributed by atoms with Crippen molar-refractivity contribution in [2.45, 2.75) is 44.9 Å².